The van der Waals surface area contributed by atoms with E-state index in [-0.39, 0.29) is 17.9 Å². The molecule has 2 aromatic rings. The van der Waals surface area contributed by atoms with E-state index in [4.69, 9.17) is 14.7 Å². The van der Waals surface area contributed by atoms with Crippen LogP contribution in [0.3, 0.4) is 0 Å². The van der Waals surface area contributed by atoms with Crippen LogP contribution in [-0.2, 0) is 14.3 Å². The highest BCUT2D eigenvalue weighted by molar-refractivity contribution is 9.10. The monoisotopic (exact) mass is 510 g/mol. The maximum Gasteiger partial charge on any atom is 0.412 e. The third kappa shape index (κ3) is 7.59. The summed E-state index contributed by atoms with van der Waals surface area (Å²) in [5.41, 5.74) is 2.29. The van der Waals surface area contributed by atoms with Crippen LogP contribution in [0.25, 0.3) is 0 Å². The minimum absolute atomic E-state index is 0.116. The molecule has 0 aliphatic carbocycles. The van der Waals surface area contributed by atoms with Gasteiger partial charge in [0, 0.05) is 33.3 Å². The van der Waals surface area contributed by atoms with Crippen molar-refractivity contribution in [1.82, 2.24) is 5.48 Å². The molecule has 0 fully saturated rings. The van der Waals surface area contributed by atoms with Crippen molar-refractivity contribution in [3.63, 3.8) is 0 Å². The minimum atomic E-state index is -1.09. The number of benzene rings is 2. The molecule has 0 unspecified atom stereocenters. The van der Waals surface area contributed by atoms with Crippen LogP contribution in [0.5, 0.6) is 5.75 Å². The van der Waals surface area contributed by atoms with E-state index in [1.807, 2.05) is 18.4 Å². The van der Waals surface area contributed by atoms with Crippen LogP contribution in [0, 0.1) is 0 Å². The van der Waals surface area contributed by atoms with E-state index >= 15 is 0 Å². The molecule has 0 aliphatic rings. The third-order valence-corrected chi connectivity index (χ3v) is 5.31. The topological polar surface area (TPSA) is 117 Å². The average Bonchev–Trinajstić information content (AvgIpc) is 2.77. The van der Waals surface area contributed by atoms with Crippen LogP contribution in [0.4, 0.5) is 10.5 Å². The van der Waals surface area contributed by atoms with Crippen molar-refractivity contribution in [2.45, 2.75) is 24.0 Å². The van der Waals surface area contributed by atoms with Gasteiger partial charge in [0.25, 0.3) is 5.91 Å². The van der Waals surface area contributed by atoms with Gasteiger partial charge in [-0.1, -0.05) is 15.9 Å². The van der Waals surface area contributed by atoms with Crippen molar-refractivity contribution < 1.29 is 29.4 Å². The van der Waals surface area contributed by atoms with Crippen LogP contribution in [-0.4, -0.2) is 41.3 Å². The SMILES string of the molecule is CCO[C@@H](/C=C/C(=O)NO)[C@@H](OC(=O)Nc1ccc(SC)cc1)c1cc(Br)ccc1O. The summed E-state index contributed by atoms with van der Waals surface area (Å²) in [5, 5.41) is 21.7. The molecule has 2 amide bonds. The van der Waals surface area contributed by atoms with E-state index in [9.17, 15) is 14.7 Å². The molecular weight excluding hydrogens is 488 g/mol. The first-order chi connectivity index (χ1) is 14.9. The third-order valence-electron chi connectivity index (χ3n) is 4.07. The summed E-state index contributed by atoms with van der Waals surface area (Å²) in [6, 6.07) is 11.9. The van der Waals surface area contributed by atoms with E-state index in [1.54, 1.807) is 43.0 Å². The zero-order valence-electron chi connectivity index (χ0n) is 16.9. The highest BCUT2D eigenvalue weighted by Gasteiger charge is 2.29. The molecule has 0 bridgehead atoms. The number of rotatable bonds is 9. The molecular formula is C21H23BrN2O6S. The van der Waals surface area contributed by atoms with Gasteiger partial charge in [0.15, 0.2) is 6.10 Å². The Morgan fingerprint density at radius 2 is 1.94 bits per heavy atom. The number of hydrogen-bond donors (Lipinski definition) is 4. The van der Waals surface area contributed by atoms with Gasteiger partial charge in [-0.15, -0.1) is 11.8 Å². The fraction of sp³-hybridized carbons (Fsp3) is 0.238. The number of ether oxygens (including phenoxy) is 2. The first-order valence-electron chi connectivity index (χ1n) is 9.21. The number of amides is 2. The largest absolute Gasteiger partial charge is 0.508 e. The molecule has 0 heterocycles. The lowest BCUT2D eigenvalue weighted by Crippen LogP contribution is -2.28. The lowest BCUT2D eigenvalue weighted by molar-refractivity contribution is -0.124. The second kappa shape index (κ2) is 12.4. The van der Waals surface area contributed by atoms with Crippen LogP contribution in [0.2, 0.25) is 0 Å². The number of carbonyl (C=O) groups is 2. The molecule has 2 atom stereocenters. The minimum Gasteiger partial charge on any atom is -0.508 e. The van der Waals surface area contributed by atoms with Crippen LogP contribution < -0.4 is 10.8 Å². The van der Waals surface area contributed by atoms with E-state index in [1.165, 1.54) is 17.6 Å². The second-order valence-electron chi connectivity index (χ2n) is 6.14. The number of phenolic OH excluding ortho intramolecular Hbond substituents is 1. The molecule has 8 nitrogen and oxygen atoms in total. The number of hydroxylamine groups is 1. The summed E-state index contributed by atoms with van der Waals surface area (Å²) in [6.45, 7) is 1.97. The van der Waals surface area contributed by atoms with Crippen LogP contribution >= 0.6 is 27.7 Å². The maximum absolute atomic E-state index is 12.6. The summed E-state index contributed by atoms with van der Waals surface area (Å²) in [4.78, 5) is 25.1. The standard InChI is InChI=1S/C21H23BrN2O6S/c1-3-29-18(10-11-19(26)24-28)20(16-12-13(22)4-9-17(16)25)30-21(27)23-14-5-7-15(31-2)8-6-14/h4-12,18,20,25,28H,3H2,1-2H3,(H,23,27)(H,24,26)/b11-10+/t18-,20-/m0/s1. The number of nitrogens with one attached hydrogen (secondary N) is 2. The quantitative estimate of drug-likeness (QED) is 0.168. The predicted octanol–water partition coefficient (Wildman–Crippen LogP) is 4.63. The van der Waals surface area contributed by atoms with Crippen LogP contribution in [0.1, 0.15) is 18.6 Å². The van der Waals surface area contributed by atoms with Crippen molar-refractivity contribution in [3.8, 4) is 5.75 Å². The van der Waals surface area contributed by atoms with Gasteiger partial charge >= 0.3 is 6.09 Å². The lowest BCUT2D eigenvalue weighted by Gasteiger charge is -2.26. The smallest absolute Gasteiger partial charge is 0.412 e. The molecule has 0 aliphatic heterocycles. The second-order valence-corrected chi connectivity index (χ2v) is 7.93. The Morgan fingerprint density at radius 3 is 2.55 bits per heavy atom. The zero-order chi connectivity index (χ0) is 22.8. The number of hydrogen-bond acceptors (Lipinski definition) is 7. The normalized spacial score (nSPS) is 12.9. The van der Waals surface area contributed by atoms with E-state index in [0.717, 1.165) is 11.0 Å². The summed E-state index contributed by atoms with van der Waals surface area (Å²) in [6.07, 6.45) is 1.54. The van der Waals surface area contributed by atoms with E-state index in [2.05, 4.69) is 21.2 Å². The molecule has 0 saturated heterocycles. The Morgan fingerprint density at radius 1 is 1.23 bits per heavy atom. The van der Waals surface area contributed by atoms with E-state index in [0.29, 0.717) is 10.2 Å². The van der Waals surface area contributed by atoms with Gasteiger partial charge in [-0.2, -0.15) is 0 Å². The fourth-order valence-corrected chi connectivity index (χ4v) is 3.44. The molecule has 0 spiro atoms. The summed E-state index contributed by atoms with van der Waals surface area (Å²) >= 11 is 4.91. The van der Waals surface area contributed by atoms with Gasteiger partial charge in [-0.05, 0) is 61.7 Å². The molecule has 0 radical (unpaired) electrons. The molecule has 2 rings (SSSR count). The van der Waals surface area contributed by atoms with Gasteiger partial charge in [-0.25, -0.2) is 10.3 Å². The van der Waals surface area contributed by atoms with Gasteiger partial charge in [-0.3, -0.25) is 15.3 Å². The first-order valence-corrected chi connectivity index (χ1v) is 11.2. The van der Waals surface area contributed by atoms with Gasteiger partial charge in [0.1, 0.15) is 11.9 Å². The number of anilines is 1. The van der Waals surface area contributed by atoms with Crippen molar-refractivity contribution in [1.29, 1.82) is 0 Å². The maximum atomic E-state index is 12.6. The predicted molar refractivity (Wildman–Crippen MR) is 121 cm³/mol. The van der Waals surface area contributed by atoms with Crippen LogP contribution in [0.15, 0.2) is 64.0 Å². The Kier molecular flexibility index (Phi) is 9.86. The summed E-state index contributed by atoms with van der Waals surface area (Å²) < 4.78 is 11.9. The average molecular weight is 511 g/mol. The summed E-state index contributed by atoms with van der Waals surface area (Å²) in [7, 11) is 0. The lowest BCUT2D eigenvalue weighted by atomic mass is 10.0. The molecule has 4 N–H and O–H groups in total. The molecule has 31 heavy (non-hydrogen) atoms. The fourth-order valence-electron chi connectivity index (χ4n) is 2.65. The van der Waals surface area contributed by atoms with Gasteiger partial charge in [0.2, 0.25) is 0 Å². The molecule has 166 valence electrons. The van der Waals surface area contributed by atoms with Crippen molar-refractivity contribution in [2.75, 3.05) is 18.2 Å². The Bertz CT molecular complexity index is 923. The number of carbonyl (C=O) groups excluding carboxylic acids is 2. The molecule has 10 heteroatoms. The van der Waals surface area contributed by atoms with Crippen molar-refractivity contribution in [2.24, 2.45) is 0 Å². The van der Waals surface area contributed by atoms with Crippen molar-refractivity contribution >= 4 is 45.4 Å². The number of phenols is 1. The Labute approximate surface area is 192 Å². The highest BCUT2D eigenvalue weighted by atomic mass is 79.9. The van der Waals surface area contributed by atoms with E-state index < -0.39 is 24.2 Å². The van der Waals surface area contributed by atoms with Crippen molar-refractivity contribution in [3.05, 3.63) is 64.7 Å². The molecule has 0 aromatic heterocycles. The van der Waals surface area contributed by atoms with Gasteiger partial charge in [0.05, 0.1) is 0 Å². The first kappa shape index (κ1) is 24.7. The number of halogens is 1. The molecule has 0 saturated carbocycles. The highest BCUT2D eigenvalue weighted by Crippen LogP contribution is 2.34. The molecule has 2 aromatic carbocycles. The Hall–Kier alpha value is -2.53. The number of aromatic hydroxyl groups is 1. The number of thioether (sulfide) groups is 1. The van der Waals surface area contributed by atoms with Gasteiger partial charge < -0.3 is 14.6 Å². The zero-order valence-corrected chi connectivity index (χ0v) is 19.3. The Balaban J connectivity index is 2.32. The summed E-state index contributed by atoms with van der Waals surface area (Å²) in [5.74, 6) is -0.893.